The smallest absolute Gasteiger partial charge is 0.337 e. The van der Waals surface area contributed by atoms with Crippen LogP contribution >= 0.6 is 34.2 Å². The van der Waals surface area contributed by atoms with E-state index in [4.69, 9.17) is 22.4 Å². The molecule has 0 bridgehead atoms. The first-order valence-corrected chi connectivity index (χ1v) is 4.46. The molecule has 3 N–H and O–H groups in total. The van der Waals surface area contributed by atoms with Crippen LogP contribution in [0.4, 0.5) is 5.69 Å². The molecule has 0 unspecified atom stereocenters. The van der Waals surface area contributed by atoms with Gasteiger partial charge in [-0.3, -0.25) is 0 Å². The van der Waals surface area contributed by atoms with Gasteiger partial charge in [-0.15, -0.1) is 0 Å². The predicted octanol–water partition coefficient (Wildman–Crippen LogP) is 2.23. The van der Waals surface area contributed by atoms with Crippen LogP contribution in [0.1, 0.15) is 10.4 Å². The van der Waals surface area contributed by atoms with Gasteiger partial charge in [0, 0.05) is 3.57 Å². The van der Waals surface area contributed by atoms with Crippen LogP contribution in [0.2, 0.25) is 5.02 Å². The zero-order valence-corrected chi connectivity index (χ0v) is 8.76. The Morgan fingerprint density at radius 1 is 1.58 bits per heavy atom. The number of halogens is 2. The van der Waals surface area contributed by atoms with Crippen LogP contribution < -0.4 is 5.73 Å². The van der Waals surface area contributed by atoms with Gasteiger partial charge < -0.3 is 10.8 Å². The van der Waals surface area contributed by atoms with Crippen molar-refractivity contribution < 1.29 is 9.90 Å². The summed E-state index contributed by atoms with van der Waals surface area (Å²) in [5, 5.41) is 8.95. The summed E-state index contributed by atoms with van der Waals surface area (Å²) in [6.07, 6.45) is 0. The van der Waals surface area contributed by atoms with Crippen molar-refractivity contribution >= 4 is 45.8 Å². The van der Waals surface area contributed by atoms with Gasteiger partial charge in [-0.25, -0.2) is 4.79 Å². The summed E-state index contributed by atoms with van der Waals surface area (Å²) in [5.74, 6) is -1.06. The average molecular weight is 297 g/mol. The number of aromatic carboxylic acids is 1. The first-order valence-electron chi connectivity index (χ1n) is 3.00. The number of nitrogens with two attached hydrogens (primary N) is 1. The maximum absolute atomic E-state index is 10.6. The molecule has 0 aliphatic heterocycles. The van der Waals surface area contributed by atoms with E-state index in [-0.39, 0.29) is 16.3 Å². The average Bonchev–Trinajstić information content (AvgIpc) is 1.96. The van der Waals surface area contributed by atoms with Gasteiger partial charge in [0.05, 0.1) is 16.3 Å². The third kappa shape index (κ3) is 1.81. The molecule has 0 saturated heterocycles. The van der Waals surface area contributed by atoms with Crippen LogP contribution in [0.25, 0.3) is 0 Å². The fourth-order valence-electron chi connectivity index (χ4n) is 0.762. The molecule has 0 aliphatic carbocycles. The molecule has 1 rings (SSSR count). The van der Waals surface area contributed by atoms with Crippen LogP contribution in [0, 0.1) is 3.57 Å². The maximum Gasteiger partial charge on any atom is 0.337 e. The lowest BCUT2D eigenvalue weighted by atomic mass is 10.2. The van der Waals surface area contributed by atoms with Crippen molar-refractivity contribution in [1.82, 2.24) is 0 Å². The number of rotatable bonds is 1. The van der Waals surface area contributed by atoms with Crippen LogP contribution in [-0.4, -0.2) is 11.1 Å². The van der Waals surface area contributed by atoms with Gasteiger partial charge in [0.2, 0.25) is 0 Å². The normalized spacial score (nSPS) is 9.83. The molecule has 64 valence electrons. The number of hydrogen-bond acceptors (Lipinski definition) is 2. The molecule has 0 amide bonds. The first-order chi connectivity index (χ1) is 5.52. The van der Waals surface area contributed by atoms with E-state index >= 15 is 0 Å². The standard InChI is InChI=1S/C7H5ClINO2/c8-5-2-3(9)1-4(6(5)10)7(11)12/h1-2H,10H2,(H,11,12). The number of anilines is 1. The largest absolute Gasteiger partial charge is 0.478 e. The van der Waals surface area contributed by atoms with Gasteiger partial charge in [-0.1, -0.05) is 11.6 Å². The van der Waals surface area contributed by atoms with Crippen molar-refractivity contribution in [3.63, 3.8) is 0 Å². The molecule has 0 atom stereocenters. The highest BCUT2D eigenvalue weighted by molar-refractivity contribution is 14.1. The lowest BCUT2D eigenvalue weighted by Crippen LogP contribution is -2.03. The molecular weight excluding hydrogens is 292 g/mol. The second kappa shape index (κ2) is 3.49. The zero-order valence-electron chi connectivity index (χ0n) is 5.84. The van der Waals surface area contributed by atoms with E-state index < -0.39 is 5.97 Å². The second-order valence-electron chi connectivity index (χ2n) is 2.15. The maximum atomic E-state index is 10.6. The molecular formula is C7H5ClINO2. The fourth-order valence-corrected chi connectivity index (χ4v) is 1.79. The number of nitrogen functional groups attached to an aromatic ring is 1. The SMILES string of the molecule is Nc1c(Cl)cc(I)cc1C(=O)O. The van der Waals surface area contributed by atoms with Crippen molar-refractivity contribution in [3.05, 3.63) is 26.3 Å². The Labute approximate surface area is 87.7 Å². The molecule has 1 aromatic carbocycles. The Morgan fingerprint density at radius 3 is 2.67 bits per heavy atom. The van der Waals surface area contributed by atoms with Gasteiger partial charge in [0.1, 0.15) is 0 Å². The number of carboxylic acids is 1. The molecule has 0 saturated carbocycles. The third-order valence-electron chi connectivity index (χ3n) is 1.32. The molecule has 3 nitrogen and oxygen atoms in total. The molecule has 0 aromatic heterocycles. The Balaban J connectivity index is 3.37. The molecule has 1 aromatic rings. The summed E-state index contributed by atoms with van der Waals surface area (Å²) in [6.45, 7) is 0. The Hall–Kier alpha value is -0.490. The molecule has 0 aliphatic rings. The number of carbonyl (C=O) groups is 1. The monoisotopic (exact) mass is 297 g/mol. The lowest BCUT2D eigenvalue weighted by Gasteiger charge is -2.03. The number of carboxylic acid groups (broad SMARTS) is 1. The third-order valence-corrected chi connectivity index (χ3v) is 2.26. The molecule has 5 heteroatoms. The molecule has 12 heavy (non-hydrogen) atoms. The zero-order chi connectivity index (χ0) is 9.30. The van der Waals surface area contributed by atoms with E-state index in [1.807, 2.05) is 22.6 Å². The Kier molecular flexibility index (Phi) is 2.79. The topological polar surface area (TPSA) is 63.3 Å². The second-order valence-corrected chi connectivity index (χ2v) is 3.81. The van der Waals surface area contributed by atoms with E-state index in [0.29, 0.717) is 0 Å². The van der Waals surface area contributed by atoms with Gasteiger partial charge in [-0.2, -0.15) is 0 Å². The highest BCUT2D eigenvalue weighted by Gasteiger charge is 2.11. The van der Waals surface area contributed by atoms with Crippen LogP contribution in [-0.2, 0) is 0 Å². The molecule has 0 radical (unpaired) electrons. The van der Waals surface area contributed by atoms with Crippen molar-refractivity contribution in [3.8, 4) is 0 Å². The highest BCUT2D eigenvalue weighted by atomic mass is 127. The quantitative estimate of drug-likeness (QED) is 0.617. The molecule has 0 heterocycles. The summed E-state index contributed by atoms with van der Waals surface area (Å²) < 4.78 is 0.754. The van der Waals surface area contributed by atoms with Gasteiger partial charge in [0.25, 0.3) is 0 Å². The van der Waals surface area contributed by atoms with Gasteiger partial charge in [-0.05, 0) is 34.7 Å². The first kappa shape index (κ1) is 9.60. The summed E-state index contributed by atoms with van der Waals surface area (Å²) in [6, 6.07) is 3.09. The Bertz CT molecular complexity index is 340. The summed E-state index contributed by atoms with van der Waals surface area (Å²) in [7, 11) is 0. The lowest BCUT2D eigenvalue weighted by molar-refractivity contribution is 0.0698. The number of hydrogen-bond donors (Lipinski definition) is 2. The highest BCUT2D eigenvalue weighted by Crippen LogP contribution is 2.25. The minimum absolute atomic E-state index is 0.0481. The summed E-state index contributed by atoms with van der Waals surface area (Å²) in [5.41, 5.74) is 5.60. The van der Waals surface area contributed by atoms with Crippen molar-refractivity contribution in [1.29, 1.82) is 0 Å². The van der Waals surface area contributed by atoms with Crippen molar-refractivity contribution in [2.24, 2.45) is 0 Å². The minimum atomic E-state index is -1.06. The summed E-state index contributed by atoms with van der Waals surface area (Å²) in [4.78, 5) is 10.6. The van der Waals surface area contributed by atoms with Gasteiger partial charge in [0.15, 0.2) is 0 Å². The van der Waals surface area contributed by atoms with Gasteiger partial charge >= 0.3 is 5.97 Å². The van der Waals surface area contributed by atoms with Crippen LogP contribution in [0.15, 0.2) is 12.1 Å². The van der Waals surface area contributed by atoms with E-state index in [2.05, 4.69) is 0 Å². The molecule has 0 spiro atoms. The fraction of sp³-hybridized carbons (Fsp3) is 0. The van der Waals surface area contributed by atoms with E-state index in [1.165, 1.54) is 6.07 Å². The van der Waals surface area contributed by atoms with E-state index in [0.717, 1.165) is 3.57 Å². The van der Waals surface area contributed by atoms with Crippen LogP contribution in [0.5, 0.6) is 0 Å². The minimum Gasteiger partial charge on any atom is -0.478 e. The Morgan fingerprint density at radius 2 is 2.17 bits per heavy atom. The van der Waals surface area contributed by atoms with Crippen molar-refractivity contribution in [2.75, 3.05) is 5.73 Å². The van der Waals surface area contributed by atoms with E-state index in [1.54, 1.807) is 6.07 Å². The number of benzene rings is 1. The van der Waals surface area contributed by atoms with E-state index in [9.17, 15) is 4.79 Å². The van der Waals surface area contributed by atoms with Crippen LogP contribution in [0.3, 0.4) is 0 Å². The van der Waals surface area contributed by atoms with Crippen molar-refractivity contribution in [2.45, 2.75) is 0 Å². The summed E-state index contributed by atoms with van der Waals surface area (Å²) >= 11 is 7.65. The predicted molar refractivity (Wildman–Crippen MR) is 55.5 cm³/mol. The molecule has 0 fully saturated rings.